The highest BCUT2D eigenvalue weighted by Crippen LogP contribution is 2.25. The van der Waals surface area contributed by atoms with E-state index in [-0.39, 0.29) is 6.10 Å². The molecule has 0 amide bonds. The summed E-state index contributed by atoms with van der Waals surface area (Å²) in [6, 6.07) is 12.6. The summed E-state index contributed by atoms with van der Waals surface area (Å²) >= 11 is 3.60. The Morgan fingerprint density at radius 1 is 1.05 bits per heavy atom. The van der Waals surface area contributed by atoms with Crippen LogP contribution in [0, 0.1) is 13.8 Å². The Balaban J connectivity index is 2.00. The highest BCUT2D eigenvalue weighted by molar-refractivity contribution is 9.10. The zero-order valence-corrected chi connectivity index (χ0v) is 14.6. The van der Waals surface area contributed by atoms with Crippen molar-refractivity contribution in [3.8, 4) is 5.75 Å². The maximum Gasteiger partial charge on any atom is 0.119 e. The van der Waals surface area contributed by atoms with Gasteiger partial charge in [0.05, 0.1) is 6.10 Å². The molecular weight excluding hydrogens is 326 g/mol. The predicted molar refractivity (Wildman–Crippen MR) is 93.1 cm³/mol. The van der Waals surface area contributed by atoms with Crippen molar-refractivity contribution in [1.29, 1.82) is 0 Å². The summed E-state index contributed by atoms with van der Waals surface area (Å²) in [7, 11) is 0. The molecule has 0 saturated heterocycles. The van der Waals surface area contributed by atoms with Gasteiger partial charge in [-0.1, -0.05) is 28.1 Å². The number of hydrogen-bond acceptors (Lipinski definition) is 2. The van der Waals surface area contributed by atoms with E-state index in [1.165, 1.54) is 21.2 Å². The predicted octanol–water partition coefficient (Wildman–Crippen LogP) is 5.47. The Kier molecular flexibility index (Phi) is 5.29. The summed E-state index contributed by atoms with van der Waals surface area (Å²) < 4.78 is 6.83. The van der Waals surface area contributed by atoms with E-state index in [2.05, 4.69) is 59.4 Å². The van der Waals surface area contributed by atoms with Crippen molar-refractivity contribution in [2.75, 3.05) is 5.32 Å². The van der Waals surface area contributed by atoms with Crippen LogP contribution in [-0.4, -0.2) is 6.10 Å². The Morgan fingerprint density at radius 3 is 2.14 bits per heavy atom. The number of hydrogen-bond donors (Lipinski definition) is 1. The summed E-state index contributed by atoms with van der Waals surface area (Å²) in [6.45, 7) is 9.10. The zero-order valence-electron chi connectivity index (χ0n) is 13.0. The lowest BCUT2D eigenvalue weighted by Crippen LogP contribution is -2.05. The number of anilines is 1. The fourth-order valence-electron chi connectivity index (χ4n) is 2.21. The topological polar surface area (TPSA) is 21.3 Å². The van der Waals surface area contributed by atoms with Gasteiger partial charge in [-0.15, -0.1) is 0 Å². The van der Waals surface area contributed by atoms with Crippen LogP contribution in [0.25, 0.3) is 0 Å². The van der Waals surface area contributed by atoms with Crippen molar-refractivity contribution < 1.29 is 4.74 Å². The number of rotatable bonds is 5. The third-order valence-corrected chi connectivity index (χ3v) is 4.48. The Labute approximate surface area is 135 Å². The Bertz CT molecular complexity index is 582. The highest BCUT2D eigenvalue weighted by atomic mass is 79.9. The van der Waals surface area contributed by atoms with Gasteiger partial charge in [0.1, 0.15) is 5.75 Å². The lowest BCUT2D eigenvalue weighted by molar-refractivity contribution is 0.242. The van der Waals surface area contributed by atoms with E-state index in [1.807, 2.05) is 26.0 Å². The van der Waals surface area contributed by atoms with E-state index in [4.69, 9.17) is 4.74 Å². The smallest absolute Gasteiger partial charge is 0.119 e. The highest BCUT2D eigenvalue weighted by Gasteiger charge is 2.03. The molecule has 3 heteroatoms. The van der Waals surface area contributed by atoms with Crippen LogP contribution in [0.4, 0.5) is 5.69 Å². The van der Waals surface area contributed by atoms with Gasteiger partial charge in [-0.05, 0) is 68.7 Å². The van der Waals surface area contributed by atoms with Crippen molar-refractivity contribution in [3.05, 3.63) is 57.6 Å². The van der Waals surface area contributed by atoms with E-state index in [0.717, 1.165) is 18.0 Å². The minimum Gasteiger partial charge on any atom is -0.491 e. The second-order valence-corrected chi connectivity index (χ2v) is 6.38. The molecule has 2 nitrogen and oxygen atoms in total. The molecule has 112 valence electrons. The monoisotopic (exact) mass is 347 g/mol. The van der Waals surface area contributed by atoms with Gasteiger partial charge in [0.15, 0.2) is 0 Å². The van der Waals surface area contributed by atoms with Gasteiger partial charge in [-0.2, -0.15) is 0 Å². The number of aryl methyl sites for hydroxylation is 2. The maximum absolute atomic E-state index is 5.65. The van der Waals surface area contributed by atoms with Gasteiger partial charge in [0, 0.05) is 16.7 Å². The minimum atomic E-state index is 0.211. The van der Waals surface area contributed by atoms with Crippen LogP contribution in [0.1, 0.15) is 30.5 Å². The Hall–Kier alpha value is -1.48. The average Bonchev–Trinajstić information content (AvgIpc) is 2.43. The summed E-state index contributed by atoms with van der Waals surface area (Å²) in [5.74, 6) is 0.920. The van der Waals surface area contributed by atoms with Crippen LogP contribution in [0.15, 0.2) is 40.9 Å². The molecule has 0 heterocycles. The molecule has 0 fully saturated rings. The van der Waals surface area contributed by atoms with E-state index in [0.29, 0.717) is 0 Å². The van der Waals surface area contributed by atoms with E-state index < -0.39 is 0 Å². The quantitative estimate of drug-likeness (QED) is 0.774. The van der Waals surface area contributed by atoms with Gasteiger partial charge in [0.25, 0.3) is 0 Å². The van der Waals surface area contributed by atoms with Crippen LogP contribution in [-0.2, 0) is 6.54 Å². The zero-order chi connectivity index (χ0) is 15.4. The first-order valence-corrected chi connectivity index (χ1v) is 8.01. The summed E-state index contributed by atoms with van der Waals surface area (Å²) in [6.07, 6.45) is 0.211. The van der Waals surface area contributed by atoms with Gasteiger partial charge in [0.2, 0.25) is 0 Å². The molecule has 21 heavy (non-hydrogen) atoms. The lowest BCUT2D eigenvalue weighted by atomic mass is 10.1. The largest absolute Gasteiger partial charge is 0.491 e. The molecule has 0 spiro atoms. The van der Waals surface area contributed by atoms with Crippen molar-refractivity contribution >= 4 is 21.6 Å². The lowest BCUT2D eigenvalue weighted by Gasteiger charge is -2.12. The summed E-state index contributed by atoms with van der Waals surface area (Å²) in [5.41, 5.74) is 4.89. The van der Waals surface area contributed by atoms with E-state index in [9.17, 15) is 0 Å². The Morgan fingerprint density at radius 2 is 1.62 bits per heavy atom. The second kappa shape index (κ2) is 6.99. The molecule has 0 aliphatic carbocycles. The molecule has 1 N–H and O–H groups in total. The molecular formula is C18H22BrNO. The van der Waals surface area contributed by atoms with Crippen LogP contribution in [0.5, 0.6) is 5.75 Å². The molecule has 0 aliphatic rings. The first-order chi connectivity index (χ1) is 9.95. The molecule has 0 aliphatic heterocycles. The SMILES string of the molecule is Cc1cc(NCc2ccc(OC(C)C)cc2)cc(C)c1Br. The van der Waals surface area contributed by atoms with Crippen LogP contribution in [0.3, 0.4) is 0 Å². The third-order valence-electron chi connectivity index (χ3n) is 3.23. The molecule has 0 unspecified atom stereocenters. The van der Waals surface area contributed by atoms with Crippen molar-refractivity contribution in [1.82, 2.24) is 0 Å². The first kappa shape index (κ1) is 15.9. The molecule has 0 bridgehead atoms. The normalized spacial score (nSPS) is 10.8. The van der Waals surface area contributed by atoms with E-state index >= 15 is 0 Å². The van der Waals surface area contributed by atoms with Crippen LogP contribution in [0.2, 0.25) is 0 Å². The van der Waals surface area contributed by atoms with Crippen molar-refractivity contribution in [2.45, 2.75) is 40.3 Å². The molecule has 2 rings (SSSR count). The average molecular weight is 348 g/mol. The molecule has 0 saturated carbocycles. The number of halogens is 1. The second-order valence-electron chi connectivity index (χ2n) is 5.59. The number of ether oxygens (including phenoxy) is 1. The van der Waals surface area contributed by atoms with Crippen molar-refractivity contribution in [3.63, 3.8) is 0 Å². The van der Waals surface area contributed by atoms with E-state index in [1.54, 1.807) is 0 Å². The van der Waals surface area contributed by atoms with Gasteiger partial charge in [-0.25, -0.2) is 0 Å². The van der Waals surface area contributed by atoms with Gasteiger partial charge >= 0.3 is 0 Å². The molecule has 2 aromatic rings. The maximum atomic E-state index is 5.65. The standard InChI is InChI=1S/C18H22BrNO/c1-12(2)21-17-7-5-15(6-8-17)11-20-16-9-13(3)18(19)14(4)10-16/h5-10,12,20H,11H2,1-4H3. The summed E-state index contributed by atoms with van der Waals surface area (Å²) in [4.78, 5) is 0. The first-order valence-electron chi connectivity index (χ1n) is 7.22. The van der Waals surface area contributed by atoms with Crippen LogP contribution < -0.4 is 10.1 Å². The molecule has 2 aromatic carbocycles. The minimum absolute atomic E-state index is 0.211. The van der Waals surface area contributed by atoms with Crippen LogP contribution >= 0.6 is 15.9 Å². The fourth-order valence-corrected chi connectivity index (χ4v) is 2.44. The van der Waals surface area contributed by atoms with Gasteiger partial charge < -0.3 is 10.1 Å². The number of benzene rings is 2. The summed E-state index contributed by atoms with van der Waals surface area (Å²) in [5, 5.41) is 3.47. The molecule has 0 atom stereocenters. The van der Waals surface area contributed by atoms with Crippen molar-refractivity contribution in [2.24, 2.45) is 0 Å². The number of nitrogens with one attached hydrogen (secondary N) is 1. The third kappa shape index (κ3) is 4.50. The molecule has 0 radical (unpaired) electrons. The fraction of sp³-hybridized carbons (Fsp3) is 0.333. The molecule has 0 aromatic heterocycles. The van der Waals surface area contributed by atoms with Gasteiger partial charge in [-0.3, -0.25) is 0 Å².